The number of hydrogen-bond donors (Lipinski definition) is 1. The summed E-state index contributed by atoms with van der Waals surface area (Å²) >= 11 is 0. The Hall–Kier alpha value is -1.46. The van der Waals surface area contributed by atoms with E-state index in [9.17, 15) is 10.1 Å². The SMILES string of the molecule is CCNC(CCCc1ccc([N+](=O)[O-])cc1)COC. The average Bonchev–Trinajstić information content (AvgIpc) is 2.40. The van der Waals surface area contributed by atoms with Gasteiger partial charge in [-0.2, -0.15) is 0 Å². The van der Waals surface area contributed by atoms with Gasteiger partial charge < -0.3 is 10.1 Å². The predicted octanol–water partition coefficient (Wildman–Crippen LogP) is 2.54. The zero-order valence-corrected chi connectivity index (χ0v) is 11.6. The molecule has 19 heavy (non-hydrogen) atoms. The molecule has 0 spiro atoms. The number of nitrogens with one attached hydrogen (secondary N) is 1. The summed E-state index contributed by atoms with van der Waals surface area (Å²) in [5.41, 5.74) is 1.28. The van der Waals surface area contributed by atoms with Gasteiger partial charge in [-0.25, -0.2) is 0 Å². The van der Waals surface area contributed by atoms with Gasteiger partial charge in [0.25, 0.3) is 5.69 Å². The Bertz CT molecular complexity index is 373. The highest BCUT2D eigenvalue weighted by Crippen LogP contribution is 2.14. The van der Waals surface area contributed by atoms with Gasteiger partial charge in [-0.05, 0) is 31.4 Å². The van der Waals surface area contributed by atoms with Crippen molar-refractivity contribution in [2.45, 2.75) is 32.2 Å². The summed E-state index contributed by atoms with van der Waals surface area (Å²) in [6.45, 7) is 3.73. The van der Waals surface area contributed by atoms with Crippen molar-refractivity contribution in [2.24, 2.45) is 0 Å². The van der Waals surface area contributed by atoms with E-state index in [4.69, 9.17) is 4.74 Å². The standard InChI is InChI=1S/C14H22N2O3/c1-3-15-13(11-19-2)6-4-5-12-7-9-14(10-8-12)16(17)18/h7-10,13,15H,3-6,11H2,1-2H3. The molecule has 0 aliphatic rings. The monoisotopic (exact) mass is 266 g/mol. The lowest BCUT2D eigenvalue weighted by Crippen LogP contribution is -2.33. The third-order valence-corrected chi connectivity index (χ3v) is 3.03. The molecule has 1 unspecified atom stereocenters. The first-order chi connectivity index (χ1) is 9.17. The van der Waals surface area contributed by atoms with Crippen molar-refractivity contribution in [1.82, 2.24) is 5.32 Å². The third-order valence-electron chi connectivity index (χ3n) is 3.03. The summed E-state index contributed by atoms with van der Waals surface area (Å²) in [6, 6.07) is 7.17. The van der Waals surface area contributed by atoms with E-state index in [1.54, 1.807) is 19.2 Å². The summed E-state index contributed by atoms with van der Waals surface area (Å²) < 4.78 is 5.16. The van der Waals surface area contributed by atoms with Crippen LogP contribution in [0.25, 0.3) is 0 Å². The number of aryl methyl sites for hydroxylation is 1. The Morgan fingerprint density at radius 3 is 2.58 bits per heavy atom. The molecule has 1 N–H and O–H groups in total. The van der Waals surface area contributed by atoms with E-state index in [0.717, 1.165) is 31.4 Å². The summed E-state index contributed by atoms with van der Waals surface area (Å²) in [7, 11) is 1.71. The van der Waals surface area contributed by atoms with E-state index in [2.05, 4.69) is 12.2 Å². The maximum atomic E-state index is 10.5. The number of methoxy groups -OCH3 is 1. The predicted molar refractivity (Wildman–Crippen MR) is 75.4 cm³/mol. The Morgan fingerprint density at radius 1 is 1.37 bits per heavy atom. The van der Waals surface area contributed by atoms with Crippen LogP contribution in [0.15, 0.2) is 24.3 Å². The van der Waals surface area contributed by atoms with Crippen LogP contribution in [0, 0.1) is 10.1 Å². The number of rotatable bonds is 9. The Labute approximate surface area is 114 Å². The third kappa shape index (κ3) is 5.81. The highest BCUT2D eigenvalue weighted by molar-refractivity contribution is 5.32. The van der Waals surface area contributed by atoms with E-state index >= 15 is 0 Å². The first-order valence-corrected chi connectivity index (χ1v) is 6.63. The molecule has 106 valence electrons. The van der Waals surface area contributed by atoms with E-state index in [1.807, 2.05) is 12.1 Å². The first kappa shape index (κ1) is 15.6. The minimum atomic E-state index is -0.371. The van der Waals surface area contributed by atoms with Crippen LogP contribution in [0.5, 0.6) is 0 Å². The van der Waals surface area contributed by atoms with Crippen LogP contribution in [-0.2, 0) is 11.2 Å². The number of hydrogen-bond acceptors (Lipinski definition) is 4. The molecular formula is C14H22N2O3. The molecule has 0 saturated heterocycles. The molecule has 1 atom stereocenters. The van der Waals surface area contributed by atoms with Crippen LogP contribution < -0.4 is 5.32 Å². The fourth-order valence-corrected chi connectivity index (χ4v) is 2.07. The van der Waals surface area contributed by atoms with Crippen molar-refractivity contribution in [2.75, 3.05) is 20.3 Å². The van der Waals surface area contributed by atoms with Gasteiger partial charge in [0, 0.05) is 25.3 Å². The van der Waals surface area contributed by atoms with Crippen molar-refractivity contribution in [3.8, 4) is 0 Å². The lowest BCUT2D eigenvalue weighted by atomic mass is 10.0. The van der Waals surface area contributed by atoms with Crippen LogP contribution in [0.4, 0.5) is 5.69 Å². The number of nitrogens with zero attached hydrogens (tertiary/aromatic N) is 1. The van der Waals surface area contributed by atoms with Gasteiger partial charge in [0.15, 0.2) is 0 Å². The lowest BCUT2D eigenvalue weighted by Gasteiger charge is -2.16. The van der Waals surface area contributed by atoms with Crippen molar-refractivity contribution in [1.29, 1.82) is 0 Å². The van der Waals surface area contributed by atoms with Gasteiger partial charge in [-0.3, -0.25) is 10.1 Å². The minimum Gasteiger partial charge on any atom is -0.383 e. The van der Waals surface area contributed by atoms with Gasteiger partial charge in [0.1, 0.15) is 0 Å². The van der Waals surface area contributed by atoms with Crippen molar-refractivity contribution >= 4 is 5.69 Å². The molecule has 5 heteroatoms. The number of benzene rings is 1. The molecule has 1 aromatic rings. The van der Waals surface area contributed by atoms with Gasteiger partial charge in [-0.1, -0.05) is 19.1 Å². The zero-order chi connectivity index (χ0) is 14.1. The molecule has 0 amide bonds. The van der Waals surface area contributed by atoms with E-state index in [-0.39, 0.29) is 10.6 Å². The Balaban J connectivity index is 2.37. The molecule has 0 bridgehead atoms. The normalized spacial score (nSPS) is 12.3. The lowest BCUT2D eigenvalue weighted by molar-refractivity contribution is -0.384. The van der Waals surface area contributed by atoms with Crippen LogP contribution in [0.3, 0.4) is 0 Å². The Morgan fingerprint density at radius 2 is 2.05 bits per heavy atom. The zero-order valence-electron chi connectivity index (χ0n) is 11.6. The highest BCUT2D eigenvalue weighted by Gasteiger charge is 2.07. The summed E-state index contributed by atoms with van der Waals surface area (Å²) in [4.78, 5) is 10.2. The van der Waals surface area contributed by atoms with Gasteiger partial charge >= 0.3 is 0 Å². The second-order valence-electron chi connectivity index (χ2n) is 4.53. The Kier molecular flexibility index (Phi) is 7.07. The van der Waals surface area contributed by atoms with Crippen LogP contribution in [0.1, 0.15) is 25.3 Å². The largest absolute Gasteiger partial charge is 0.383 e. The van der Waals surface area contributed by atoms with Crippen molar-refractivity contribution < 1.29 is 9.66 Å². The molecule has 5 nitrogen and oxygen atoms in total. The highest BCUT2D eigenvalue weighted by atomic mass is 16.6. The molecule has 0 aliphatic carbocycles. The molecule has 0 saturated carbocycles. The fourth-order valence-electron chi connectivity index (χ4n) is 2.07. The number of likely N-dealkylation sites (N-methyl/N-ethyl adjacent to an activating group) is 1. The van der Waals surface area contributed by atoms with E-state index < -0.39 is 0 Å². The molecule has 0 fully saturated rings. The second kappa shape index (κ2) is 8.61. The van der Waals surface area contributed by atoms with Crippen molar-refractivity contribution in [3.63, 3.8) is 0 Å². The fraction of sp³-hybridized carbons (Fsp3) is 0.571. The summed E-state index contributed by atoms with van der Waals surface area (Å²) in [5, 5.41) is 13.9. The summed E-state index contributed by atoms with van der Waals surface area (Å²) in [6.07, 6.45) is 3.01. The van der Waals surface area contributed by atoms with Gasteiger partial charge in [0.2, 0.25) is 0 Å². The van der Waals surface area contributed by atoms with E-state index in [1.165, 1.54) is 0 Å². The quantitative estimate of drug-likeness (QED) is 0.551. The molecule has 1 aromatic carbocycles. The number of non-ortho nitro benzene ring substituents is 1. The smallest absolute Gasteiger partial charge is 0.269 e. The molecule has 0 aliphatic heterocycles. The minimum absolute atomic E-state index is 0.147. The van der Waals surface area contributed by atoms with E-state index in [0.29, 0.717) is 12.6 Å². The van der Waals surface area contributed by atoms with Gasteiger partial charge in [0.05, 0.1) is 11.5 Å². The van der Waals surface area contributed by atoms with Crippen LogP contribution >= 0.6 is 0 Å². The molecular weight excluding hydrogens is 244 g/mol. The first-order valence-electron chi connectivity index (χ1n) is 6.63. The summed E-state index contributed by atoms with van der Waals surface area (Å²) in [5.74, 6) is 0. The molecule has 0 heterocycles. The van der Waals surface area contributed by atoms with Gasteiger partial charge in [-0.15, -0.1) is 0 Å². The average molecular weight is 266 g/mol. The number of ether oxygens (including phenoxy) is 1. The maximum Gasteiger partial charge on any atom is 0.269 e. The molecule has 0 radical (unpaired) electrons. The van der Waals surface area contributed by atoms with Crippen LogP contribution in [0.2, 0.25) is 0 Å². The maximum absolute atomic E-state index is 10.5. The molecule has 1 rings (SSSR count). The van der Waals surface area contributed by atoms with Crippen LogP contribution in [-0.4, -0.2) is 31.2 Å². The number of nitro benzene ring substituents is 1. The van der Waals surface area contributed by atoms with Crippen molar-refractivity contribution in [3.05, 3.63) is 39.9 Å². The number of nitro groups is 1. The molecule has 0 aromatic heterocycles. The second-order valence-corrected chi connectivity index (χ2v) is 4.53. The topological polar surface area (TPSA) is 64.4 Å².